The first-order valence-electron chi connectivity index (χ1n) is 17.5. The van der Waals surface area contributed by atoms with Gasteiger partial charge in [-0.25, -0.2) is 0 Å². The molecule has 0 aliphatic heterocycles. The predicted molar refractivity (Wildman–Crippen MR) is 210 cm³/mol. The molecule has 0 spiro atoms. The van der Waals surface area contributed by atoms with E-state index in [9.17, 15) is 0 Å². The molecule has 1 heterocycles. The lowest BCUT2D eigenvalue weighted by molar-refractivity contribution is 0.660. The molecule has 50 heavy (non-hydrogen) atoms. The van der Waals surface area contributed by atoms with Gasteiger partial charge in [-0.2, -0.15) is 0 Å². The Bertz CT molecular complexity index is 2530. The van der Waals surface area contributed by atoms with Gasteiger partial charge >= 0.3 is 0 Å². The highest BCUT2D eigenvalue weighted by Gasteiger charge is 2.35. The summed E-state index contributed by atoms with van der Waals surface area (Å²) in [5, 5.41) is 9.45. The van der Waals surface area contributed by atoms with Crippen LogP contribution in [0.4, 0.5) is 5.69 Å². The summed E-state index contributed by atoms with van der Waals surface area (Å²) < 4.78 is 2.43. The maximum Gasteiger partial charge on any atom is 0.0717 e. The zero-order valence-corrected chi connectivity index (χ0v) is 28.7. The van der Waals surface area contributed by atoms with Crippen LogP contribution in [0.2, 0.25) is 0 Å². The van der Waals surface area contributed by atoms with Crippen molar-refractivity contribution in [1.29, 1.82) is 5.41 Å². The normalized spacial score (nSPS) is 15.8. The third-order valence-electron chi connectivity index (χ3n) is 11.0. The molecule has 10 rings (SSSR count). The monoisotopic (exact) mass is 645 g/mol. The molecule has 0 radical (unpaired) electrons. The van der Waals surface area contributed by atoms with Gasteiger partial charge in [0.05, 0.1) is 11.2 Å². The molecule has 0 saturated carbocycles. The number of nitrogen functional groups attached to an aromatic ring is 1. The number of aromatic nitrogens is 1. The fraction of sp³-hybridized carbons (Fsp3) is 0.128. The highest BCUT2D eigenvalue weighted by atomic mass is 15.0. The van der Waals surface area contributed by atoms with Gasteiger partial charge < -0.3 is 10.3 Å². The molecule has 0 fully saturated rings. The van der Waals surface area contributed by atoms with E-state index in [-0.39, 0.29) is 5.41 Å². The second-order valence-corrected chi connectivity index (χ2v) is 14.4. The van der Waals surface area contributed by atoms with Crippen molar-refractivity contribution in [3.8, 4) is 39.1 Å². The second-order valence-electron chi connectivity index (χ2n) is 14.4. The van der Waals surface area contributed by atoms with E-state index in [1.54, 1.807) is 0 Å². The van der Waals surface area contributed by atoms with E-state index < -0.39 is 0 Å². The number of hydrogen-bond donors (Lipinski definition) is 2. The van der Waals surface area contributed by atoms with Gasteiger partial charge in [-0.15, -0.1) is 0 Å². The molecule has 242 valence electrons. The minimum atomic E-state index is 0.0159. The average Bonchev–Trinajstić information content (AvgIpc) is 3.71. The van der Waals surface area contributed by atoms with Gasteiger partial charge in [0.2, 0.25) is 0 Å². The van der Waals surface area contributed by atoms with E-state index in [0.29, 0.717) is 17.3 Å². The number of rotatable bonds is 2. The number of benzene rings is 6. The van der Waals surface area contributed by atoms with Crippen molar-refractivity contribution in [2.75, 3.05) is 5.73 Å². The van der Waals surface area contributed by atoms with Gasteiger partial charge in [0.25, 0.3) is 0 Å². The van der Waals surface area contributed by atoms with Crippen LogP contribution in [0.3, 0.4) is 0 Å². The predicted octanol–water partition coefficient (Wildman–Crippen LogP) is 11.5. The molecule has 0 bridgehead atoms. The highest BCUT2D eigenvalue weighted by molar-refractivity contribution is 6.25. The molecule has 3 nitrogen and oxygen atoms in total. The summed E-state index contributed by atoms with van der Waals surface area (Å²) in [6, 6.07) is 47.5. The summed E-state index contributed by atoms with van der Waals surface area (Å²) in [4.78, 5) is 0. The van der Waals surface area contributed by atoms with E-state index in [0.717, 1.165) is 28.7 Å². The molecule has 3 N–H and O–H groups in total. The summed E-state index contributed by atoms with van der Waals surface area (Å²) in [7, 11) is 0. The molecule has 0 amide bonds. The summed E-state index contributed by atoms with van der Waals surface area (Å²) in [6.07, 6.45) is 5.76. The molecule has 7 aromatic rings. The number of nitrogens with one attached hydrogen (secondary N) is 1. The summed E-state index contributed by atoms with van der Waals surface area (Å²) >= 11 is 0. The first-order valence-corrected chi connectivity index (χ1v) is 17.5. The average molecular weight is 646 g/mol. The SMILES string of the molecule is CC1C=Cc2c(c3cc(-c4ccc5c(c4)C(C)(C)c4ccccc4-5)ccc3n2-c2ccccc2)C1.N=C1c2ccccc2-c2cccc(N)c21. The zero-order valence-electron chi connectivity index (χ0n) is 28.7. The lowest BCUT2D eigenvalue weighted by atomic mass is 9.81. The minimum Gasteiger partial charge on any atom is -0.398 e. The van der Waals surface area contributed by atoms with Gasteiger partial charge in [0.1, 0.15) is 0 Å². The van der Waals surface area contributed by atoms with Crippen LogP contribution >= 0.6 is 0 Å². The number of nitrogens with zero attached hydrogens (tertiary/aromatic N) is 1. The molecule has 1 atom stereocenters. The fourth-order valence-electron chi connectivity index (χ4n) is 8.47. The third-order valence-corrected chi connectivity index (χ3v) is 11.0. The number of anilines is 1. The van der Waals surface area contributed by atoms with Gasteiger partial charge in [0, 0.05) is 39.0 Å². The van der Waals surface area contributed by atoms with Crippen molar-refractivity contribution in [3.05, 3.63) is 173 Å². The van der Waals surface area contributed by atoms with Crippen molar-refractivity contribution in [2.24, 2.45) is 5.92 Å². The summed E-state index contributed by atoms with van der Waals surface area (Å²) in [5.41, 5.74) is 24.7. The minimum absolute atomic E-state index is 0.0159. The standard InChI is InChI=1S/C34H29N.C13H10N2/c1-22-13-17-32-28(19-22)29-20-23(15-18-33(29)35(32)25-9-5-4-6-10-25)24-14-16-27-26-11-7-8-12-30(26)34(2,3)31(27)21-24;14-11-7-3-6-9-8-4-1-2-5-10(8)13(15)12(9)11/h4-18,20-22H,19H2,1-3H3;1-7,15H,14H2. The van der Waals surface area contributed by atoms with Crippen LogP contribution in [0.15, 0.2) is 140 Å². The largest absolute Gasteiger partial charge is 0.398 e. The first kappa shape index (κ1) is 30.2. The highest BCUT2D eigenvalue weighted by Crippen LogP contribution is 2.50. The molecule has 3 aliphatic carbocycles. The quantitative estimate of drug-likeness (QED) is 0.181. The Kier molecular flexibility index (Phi) is 6.82. The Balaban J connectivity index is 0.000000187. The number of allylic oxidation sites excluding steroid dienone is 1. The maximum absolute atomic E-state index is 8.07. The number of nitrogens with two attached hydrogens (primary N) is 1. The van der Waals surface area contributed by atoms with Crippen LogP contribution in [0.1, 0.15) is 54.3 Å². The second kappa shape index (κ2) is 11.3. The maximum atomic E-state index is 8.07. The molecular weight excluding hydrogens is 607 g/mol. The van der Waals surface area contributed by atoms with Crippen LogP contribution in [-0.4, -0.2) is 10.3 Å². The molecule has 1 aromatic heterocycles. The molecule has 0 saturated heterocycles. The number of hydrogen-bond acceptors (Lipinski definition) is 2. The fourth-order valence-corrected chi connectivity index (χ4v) is 8.47. The van der Waals surface area contributed by atoms with Crippen LogP contribution in [0.25, 0.3) is 56.0 Å². The molecule has 6 aromatic carbocycles. The van der Waals surface area contributed by atoms with E-state index in [2.05, 4.69) is 128 Å². The van der Waals surface area contributed by atoms with Crippen molar-refractivity contribution >= 4 is 28.4 Å². The molecule has 1 unspecified atom stereocenters. The zero-order chi connectivity index (χ0) is 34.1. The van der Waals surface area contributed by atoms with Crippen LogP contribution in [-0.2, 0) is 11.8 Å². The Labute approximate surface area is 293 Å². The third kappa shape index (κ3) is 4.54. The van der Waals surface area contributed by atoms with E-state index >= 15 is 0 Å². The first-order chi connectivity index (χ1) is 24.3. The smallest absolute Gasteiger partial charge is 0.0717 e. The Hall–Kier alpha value is -5.93. The van der Waals surface area contributed by atoms with E-state index in [1.165, 1.54) is 61.2 Å². The van der Waals surface area contributed by atoms with Crippen molar-refractivity contribution < 1.29 is 0 Å². The van der Waals surface area contributed by atoms with Crippen molar-refractivity contribution in [3.63, 3.8) is 0 Å². The van der Waals surface area contributed by atoms with Crippen molar-refractivity contribution in [1.82, 2.24) is 4.57 Å². The Morgan fingerprint density at radius 3 is 2.14 bits per heavy atom. The van der Waals surface area contributed by atoms with Crippen molar-refractivity contribution in [2.45, 2.75) is 32.6 Å². The van der Waals surface area contributed by atoms with Gasteiger partial charge in [-0.3, -0.25) is 5.41 Å². The van der Waals surface area contributed by atoms with Gasteiger partial charge in [0.15, 0.2) is 0 Å². The summed E-state index contributed by atoms with van der Waals surface area (Å²) in [5.74, 6) is 0.556. The lowest BCUT2D eigenvalue weighted by Gasteiger charge is -2.22. The molecule has 3 aliphatic rings. The molecular formula is C47H39N3. The van der Waals surface area contributed by atoms with Crippen LogP contribution in [0, 0.1) is 11.3 Å². The Morgan fingerprint density at radius 1 is 0.660 bits per heavy atom. The van der Waals surface area contributed by atoms with Gasteiger partial charge in [-0.05, 0) is 105 Å². The number of para-hydroxylation sites is 1. The van der Waals surface area contributed by atoms with Crippen LogP contribution < -0.4 is 5.73 Å². The Morgan fingerprint density at radius 2 is 1.32 bits per heavy atom. The lowest BCUT2D eigenvalue weighted by Crippen LogP contribution is -2.14. The van der Waals surface area contributed by atoms with Crippen LogP contribution in [0.5, 0.6) is 0 Å². The summed E-state index contributed by atoms with van der Waals surface area (Å²) in [6.45, 7) is 7.03. The number of fused-ring (bicyclic) bond motifs is 9. The van der Waals surface area contributed by atoms with E-state index in [4.69, 9.17) is 11.1 Å². The van der Waals surface area contributed by atoms with Gasteiger partial charge in [-0.1, -0.05) is 124 Å². The topological polar surface area (TPSA) is 54.8 Å². The van der Waals surface area contributed by atoms with E-state index in [1.807, 2.05) is 42.5 Å². The molecule has 3 heteroatoms.